The van der Waals surface area contributed by atoms with E-state index in [1.807, 2.05) is 12.3 Å². The Labute approximate surface area is 131 Å². The van der Waals surface area contributed by atoms with Crippen molar-refractivity contribution in [1.29, 1.82) is 0 Å². The van der Waals surface area contributed by atoms with Gasteiger partial charge in [0.15, 0.2) is 0 Å². The zero-order valence-corrected chi connectivity index (χ0v) is 12.8. The van der Waals surface area contributed by atoms with Gasteiger partial charge in [-0.2, -0.15) is 0 Å². The Kier molecular flexibility index (Phi) is 3.62. The average molecular weight is 295 g/mol. The highest BCUT2D eigenvalue weighted by atomic mass is 15.3. The molecule has 1 saturated heterocycles. The smallest absolute Gasteiger partial charge is 0.135 e. The van der Waals surface area contributed by atoms with E-state index in [1.165, 1.54) is 29.9 Å². The number of anilines is 2. The summed E-state index contributed by atoms with van der Waals surface area (Å²) >= 11 is 0. The first-order valence-electron chi connectivity index (χ1n) is 8.15. The van der Waals surface area contributed by atoms with Crippen LogP contribution in [0.4, 0.5) is 11.6 Å². The molecule has 0 amide bonds. The van der Waals surface area contributed by atoms with Crippen molar-refractivity contribution in [2.45, 2.75) is 25.7 Å². The molecule has 0 atom stereocenters. The van der Waals surface area contributed by atoms with Gasteiger partial charge in [0.05, 0.1) is 0 Å². The quantitative estimate of drug-likeness (QED) is 0.849. The SMILES string of the molecule is c1ccc(N2CCN(c3ncnc4c3CCCC4)CC2)nc1. The van der Waals surface area contributed by atoms with E-state index < -0.39 is 0 Å². The summed E-state index contributed by atoms with van der Waals surface area (Å²) in [4.78, 5) is 18.3. The Morgan fingerprint density at radius 2 is 1.64 bits per heavy atom. The minimum Gasteiger partial charge on any atom is -0.353 e. The summed E-state index contributed by atoms with van der Waals surface area (Å²) < 4.78 is 0. The summed E-state index contributed by atoms with van der Waals surface area (Å²) in [6.45, 7) is 3.99. The molecule has 4 rings (SSSR count). The van der Waals surface area contributed by atoms with Crippen LogP contribution in [-0.2, 0) is 12.8 Å². The largest absolute Gasteiger partial charge is 0.353 e. The minimum absolute atomic E-state index is 0.996. The van der Waals surface area contributed by atoms with Crippen LogP contribution in [0.1, 0.15) is 24.1 Å². The Hall–Kier alpha value is -2.17. The highest BCUT2D eigenvalue weighted by Gasteiger charge is 2.23. The molecule has 2 aromatic heterocycles. The van der Waals surface area contributed by atoms with Crippen molar-refractivity contribution in [3.8, 4) is 0 Å². The van der Waals surface area contributed by atoms with Crippen LogP contribution in [0.25, 0.3) is 0 Å². The number of hydrogen-bond donors (Lipinski definition) is 0. The van der Waals surface area contributed by atoms with Crippen LogP contribution in [-0.4, -0.2) is 41.1 Å². The van der Waals surface area contributed by atoms with E-state index in [2.05, 4.69) is 36.9 Å². The van der Waals surface area contributed by atoms with Gasteiger partial charge >= 0.3 is 0 Å². The van der Waals surface area contributed by atoms with E-state index in [4.69, 9.17) is 0 Å². The molecule has 0 spiro atoms. The van der Waals surface area contributed by atoms with Gasteiger partial charge in [0, 0.05) is 43.6 Å². The summed E-state index contributed by atoms with van der Waals surface area (Å²) in [6, 6.07) is 6.10. The van der Waals surface area contributed by atoms with E-state index in [1.54, 1.807) is 6.33 Å². The van der Waals surface area contributed by atoms with Gasteiger partial charge in [0.25, 0.3) is 0 Å². The van der Waals surface area contributed by atoms with E-state index >= 15 is 0 Å². The second-order valence-corrected chi connectivity index (χ2v) is 5.99. The van der Waals surface area contributed by atoms with Gasteiger partial charge in [0.2, 0.25) is 0 Å². The number of piperazine rings is 1. The molecule has 0 radical (unpaired) electrons. The second kappa shape index (κ2) is 5.91. The maximum Gasteiger partial charge on any atom is 0.135 e. The maximum atomic E-state index is 4.59. The van der Waals surface area contributed by atoms with Crippen LogP contribution in [0, 0.1) is 0 Å². The van der Waals surface area contributed by atoms with E-state index in [0.717, 1.165) is 44.8 Å². The van der Waals surface area contributed by atoms with Gasteiger partial charge in [-0.05, 0) is 37.8 Å². The number of nitrogens with zero attached hydrogens (tertiary/aromatic N) is 5. The number of rotatable bonds is 2. The molecular weight excluding hydrogens is 274 g/mol. The molecule has 5 nitrogen and oxygen atoms in total. The van der Waals surface area contributed by atoms with Crippen molar-refractivity contribution in [2.24, 2.45) is 0 Å². The molecule has 5 heteroatoms. The molecule has 3 heterocycles. The lowest BCUT2D eigenvalue weighted by Gasteiger charge is -2.37. The zero-order chi connectivity index (χ0) is 14.8. The molecule has 2 aliphatic rings. The summed E-state index contributed by atoms with van der Waals surface area (Å²) in [6.07, 6.45) is 8.37. The van der Waals surface area contributed by atoms with Crippen molar-refractivity contribution < 1.29 is 0 Å². The number of fused-ring (bicyclic) bond motifs is 1. The molecule has 1 fully saturated rings. The molecule has 0 aromatic carbocycles. The first kappa shape index (κ1) is 13.5. The number of hydrogen-bond acceptors (Lipinski definition) is 5. The lowest BCUT2D eigenvalue weighted by Crippen LogP contribution is -2.47. The summed E-state index contributed by atoms with van der Waals surface area (Å²) in [5.74, 6) is 2.25. The van der Waals surface area contributed by atoms with Crippen LogP contribution < -0.4 is 9.80 Å². The zero-order valence-electron chi connectivity index (χ0n) is 12.8. The first-order chi connectivity index (χ1) is 10.9. The maximum absolute atomic E-state index is 4.59. The van der Waals surface area contributed by atoms with Crippen molar-refractivity contribution >= 4 is 11.6 Å². The van der Waals surface area contributed by atoms with Gasteiger partial charge in [-0.1, -0.05) is 6.07 Å². The van der Waals surface area contributed by atoms with Crippen LogP contribution in [0.5, 0.6) is 0 Å². The molecule has 1 aliphatic heterocycles. The topological polar surface area (TPSA) is 45.2 Å². The number of aromatic nitrogens is 3. The Balaban J connectivity index is 1.50. The summed E-state index contributed by atoms with van der Waals surface area (Å²) in [7, 11) is 0. The Morgan fingerprint density at radius 3 is 2.45 bits per heavy atom. The van der Waals surface area contributed by atoms with Gasteiger partial charge in [0.1, 0.15) is 18.0 Å². The Morgan fingerprint density at radius 1 is 0.818 bits per heavy atom. The molecule has 0 N–H and O–H groups in total. The fraction of sp³-hybridized carbons (Fsp3) is 0.471. The summed E-state index contributed by atoms with van der Waals surface area (Å²) in [5, 5.41) is 0. The van der Waals surface area contributed by atoms with Gasteiger partial charge in [-0.25, -0.2) is 15.0 Å². The minimum atomic E-state index is 0.996. The van der Waals surface area contributed by atoms with Crippen molar-refractivity contribution in [1.82, 2.24) is 15.0 Å². The normalized spacial score (nSPS) is 18.2. The van der Waals surface area contributed by atoms with Gasteiger partial charge in [-0.15, -0.1) is 0 Å². The van der Waals surface area contributed by atoms with Crippen LogP contribution in [0.2, 0.25) is 0 Å². The number of aryl methyl sites for hydroxylation is 1. The van der Waals surface area contributed by atoms with Crippen LogP contribution in [0.15, 0.2) is 30.7 Å². The van der Waals surface area contributed by atoms with Gasteiger partial charge < -0.3 is 9.80 Å². The molecule has 1 aliphatic carbocycles. The van der Waals surface area contributed by atoms with E-state index in [0.29, 0.717) is 0 Å². The predicted octanol–water partition coefficient (Wildman–Crippen LogP) is 2.08. The van der Waals surface area contributed by atoms with Crippen molar-refractivity contribution in [3.63, 3.8) is 0 Å². The first-order valence-corrected chi connectivity index (χ1v) is 8.15. The molecule has 0 unspecified atom stereocenters. The van der Waals surface area contributed by atoms with Gasteiger partial charge in [-0.3, -0.25) is 0 Å². The highest BCUT2D eigenvalue weighted by Crippen LogP contribution is 2.28. The third kappa shape index (κ3) is 2.51. The molecule has 0 bridgehead atoms. The third-order valence-electron chi connectivity index (χ3n) is 4.65. The predicted molar refractivity (Wildman–Crippen MR) is 87.3 cm³/mol. The summed E-state index contributed by atoms with van der Waals surface area (Å²) in [5.41, 5.74) is 2.66. The van der Waals surface area contributed by atoms with E-state index in [9.17, 15) is 0 Å². The molecule has 22 heavy (non-hydrogen) atoms. The molecule has 2 aromatic rings. The molecule has 114 valence electrons. The average Bonchev–Trinajstić information content (AvgIpc) is 2.62. The van der Waals surface area contributed by atoms with Crippen LogP contribution in [0.3, 0.4) is 0 Å². The Bertz CT molecular complexity index is 635. The van der Waals surface area contributed by atoms with Crippen LogP contribution >= 0.6 is 0 Å². The number of pyridine rings is 1. The molecular formula is C17H21N5. The van der Waals surface area contributed by atoms with Crippen molar-refractivity contribution in [2.75, 3.05) is 36.0 Å². The van der Waals surface area contributed by atoms with Crippen molar-refractivity contribution in [3.05, 3.63) is 42.0 Å². The standard InChI is InChI=1S/C17H21N5/c1-2-6-15-14(5-1)17(20-13-19-15)22-11-9-21(10-12-22)16-7-3-4-8-18-16/h3-4,7-8,13H,1-2,5-6,9-12H2. The molecule has 0 saturated carbocycles. The lowest BCUT2D eigenvalue weighted by molar-refractivity contribution is 0.620. The fourth-order valence-corrected chi connectivity index (χ4v) is 3.46. The lowest BCUT2D eigenvalue weighted by atomic mass is 9.96. The monoisotopic (exact) mass is 295 g/mol. The van der Waals surface area contributed by atoms with E-state index in [-0.39, 0.29) is 0 Å². The third-order valence-corrected chi connectivity index (χ3v) is 4.65. The fourth-order valence-electron chi connectivity index (χ4n) is 3.46. The second-order valence-electron chi connectivity index (χ2n) is 5.99. The highest BCUT2D eigenvalue weighted by molar-refractivity contribution is 5.51.